The number of rotatable bonds is 5. The van der Waals surface area contributed by atoms with Gasteiger partial charge in [-0.1, -0.05) is 12.8 Å². The van der Waals surface area contributed by atoms with Crippen molar-refractivity contribution in [2.45, 2.75) is 51.1 Å². The van der Waals surface area contributed by atoms with Gasteiger partial charge in [0.15, 0.2) is 0 Å². The highest BCUT2D eigenvalue weighted by molar-refractivity contribution is 5.96. The van der Waals surface area contributed by atoms with Crippen LogP contribution in [-0.2, 0) is 9.53 Å². The second-order valence-corrected chi connectivity index (χ2v) is 6.96. The summed E-state index contributed by atoms with van der Waals surface area (Å²) in [6, 6.07) is 5.78. The fourth-order valence-electron chi connectivity index (χ4n) is 3.46. The maximum Gasteiger partial charge on any atom is 0.251 e. The highest BCUT2D eigenvalue weighted by Crippen LogP contribution is 2.20. The molecule has 6 nitrogen and oxygen atoms in total. The smallest absolute Gasteiger partial charge is 0.251 e. The van der Waals surface area contributed by atoms with Gasteiger partial charge < -0.3 is 20.7 Å². The standard InChI is InChI=1S/C19H27N3O3/c1-13-10-14(19(24)21-15-4-2-3-5-15)6-7-17(13)22-18(23)11-16-12-25-9-8-20-16/h6-7,10,15-16,20H,2-5,8-9,11-12H2,1H3,(H,21,24)(H,22,23). The maximum absolute atomic E-state index is 12.3. The van der Waals surface area contributed by atoms with Crippen molar-refractivity contribution in [3.8, 4) is 0 Å². The van der Waals surface area contributed by atoms with E-state index in [1.807, 2.05) is 19.1 Å². The number of carbonyl (C=O) groups is 2. The molecule has 3 N–H and O–H groups in total. The Morgan fingerprint density at radius 3 is 2.76 bits per heavy atom. The number of amides is 2. The van der Waals surface area contributed by atoms with E-state index in [4.69, 9.17) is 4.74 Å². The van der Waals surface area contributed by atoms with Crippen molar-refractivity contribution in [3.63, 3.8) is 0 Å². The van der Waals surface area contributed by atoms with Gasteiger partial charge in [0.2, 0.25) is 5.91 Å². The summed E-state index contributed by atoms with van der Waals surface area (Å²) in [7, 11) is 0. The van der Waals surface area contributed by atoms with Crippen LogP contribution in [0.1, 0.15) is 48.0 Å². The van der Waals surface area contributed by atoms with E-state index in [1.54, 1.807) is 6.07 Å². The van der Waals surface area contributed by atoms with Crippen LogP contribution in [0.5, 0.6) is 0 Å². The van der Waals surface area contributed by atoms with Gasteiger partial charge in [0.05, 0.1) is 13.2 Å². The Morgan fingerprint density at radius 1 is 1.28 bits per heavy atom. The van der Waals surface area contributed by atoms with Crippen LogP contribution in [-0.4, -0.2) is 43.7 Å². The van der Waals surface area contributed by atoms with Gasteiger partial charge in [-0.3, -0.25) is 9.59 Å². The molecular formula is C19H27N3O3. The number of morpholine rings is 1. The molecule has 6 heteroatoms. The number of carbonyl (C=O) groups excluding carboxylic acids is 2. The summed E-state index contributed by atoms with van der Waals surface area (Å²) >= 11 is 0. The highest BCUT2D eigenvalue weighted by Gasteiger charge is 2.19. The van der Waals surface area contributed by atoms with Gasteiger partial charge in [-0.2, -0.15) is 0 Å². The third kappa shape index (κ3) is 5.03. The lowest BCUT2D eigenvalue weighted by Gasteiger charge is -2.23. The molecule has 2 amide bonds. The molecule has 3 rings (SSSR count). The number of anilines is 1. The Bertz CT molecular complexity index is 620. The zero-order valence-electron chi connectivity index (χ0n) is 14.8. The molecule has 1 aromatic carbocycles. The first-order valence-electron chi connectivity index (χ1n) is 9.14. The quantitative estimate of drug-likeness (QED) is 0.762. The minimum atomic E-state index is -0.0470. The normalized spacial score (nSPS) is 21.1. The third-order valence-electron chi connectivity index (χ3n) is 4.88. The van der Waals surface area contributed by atoms with E-state index in [-0.39, 0.29) is 17.9 Å². The van der Waals surface area contributed by atoms with E-state index in [9.17, 15) is 9.59 Å². The molecule has 1 aromatic rings. The van der Waals surface area contributed by atoms with E-state index in [0.717, 1.165) is 30.6 Å². The molecule has 25 heavy (non-hydrogen) atoms. The first-order valence-corrected chi connectivity index (χ1v) is 9.14. The lowest BCUT2D eigenvalue weighted by molar-refractivity contribution is -0.117. The van der Waals surface area contributed by atoms with Gasteiger partial charge in [0.25, 0.3) is 5.91 Å². The molecular weight excluding hydrogens is 318 g/mol. The minimum absolute atomic E-state index is 0.0311. The molecule has 1 heterocycles. The molecule has 0 radical (unpaired) electrons. The summed E-state index contributed by atoms with van der Waals surface area (Å²) in [5.41, 5.74) is 2.28. The Labute approximate surface area is 148 Å². The van der Waals surface area contributed by atoms with Gasteiger partial charge in [0.1, 0.15) is 0 Å². The fraction of sp³-hybridized carbons (Fsp3) is 0.579. The van der Waals surface area contributed by atoms with Crippen LogP contribution in [0.2, 0.25) is 0 Å². The molecule has 0 aromatic heterocycles. The van der Waals surface area contributed by atoms with Crippen molar-refractivity contribution in [2.24, 2.45) is 0 Å². The zero-order valence-corrected chi connectivity index (χ0v) is 14.8. The van der Waals surface area contributed by atoms with Crippen LogP contribution in [0.15, 0.2) is 18.2 Å². The van der Waals surface area contributed by atoms with Gasteiger partial charge in [-0.05, 0) is 43.5 Å². The average Bonchev–Trinajstić information content (AvgIpc) is 3.10. The van der Waals surface area contributed by atoms with E-state index >= 15 is 0 Å². The summed E-state index contributed by atoms with van der Waals surface area (Å²) in [6.07, 6.45) is 4.89. The molecule has 1 aliphatic carbocycles. The van der Waals surface area contributed by atoms with Gasteiger partial charge in [0, 0.05) is 36.3 Å². The maximum atomic E-state index is 12.3. The predicted molar refractivity (Wildman–Crippen MR) is 96.8 cm³/mol. The number of hydrogen-bond donors (Lipinski definition) is 3. The van der Waals surface area contributed by atoms with E-state index < -0.39 is 0 Å². The first kappa shape index (κ1) is 17.9. The largest absolute Gasteiger partial charge is 0.378 e. The van der Waals surface area contributed by atoms with Gasteiger partial charge in [-0.15, -0.1) is 0 Å². The SMILES string of the molecule is Cc1cc(C(=O)NC2CCCC2)ccc1NC(=O)CC1COCCN1. The predicted octanol–water partition coefficient (Wildman–Crippen LogP) is 1.98. The zero-order chi connectivity index (χ0) is 17.6. The van der Waals surface area contributed by atoms with Crippen molar-refractivity contribution >= 4 is 17.5 Å². The molecule has 1 unspecified atom stereocenters. The van der Waals surface area contributed by atoms with Crippen LogP contribution >= 0.6 is 0 Å². The molecule has 0 spiro atoms. The number of benzene rings is 1. The van der Waals surface area contributed by atoms with Crippen molar-refractivity contribution in [2.75, 3.05) is 25.1 Å². The number of aryl methyl sites for hydroxylation is 1. The second-order valence-electron chi connectivity index (χ2n) is 6.96. The Balaban J connectivity index is 1.55. The van der Waals surface area contributed by atoms with Crippen LogP contribution in [0.3, 0.4) is 0 Å². The number of ether oxygens (including phenoxy) is 1. The third-order valence-corrected chi connectivity index (χ3v) is 4.88. The summed E-state index contributed by atoms with van der Waals surface area (Å²) in [6.45, 7) is 3.94. The molecule has 136 valence electrons. The van der Waals surface area contributed by atoms with E-state index in [1.165, 1.54) is 12.8 Å². The second kappa shape index (κ2) is 8.45. The summed E-state index contributed by atoms with van der Waals surface area (Å²) in [5, 5.41) is 9.29. The van der Waals surface area contributed by atoms with Crippen molar-refractivity contribution in [1.82, 2.24) is 10.6 Å². The molecule has 1 atom stereocenters. The lowest BCUT2D eigenvalue weighted by atomic mass is 10.1. The van der Waals surface area contributed by atoms with E-state index in [2.05, 4.69) is 16.0 Å². The molecule has 2 aliphatic rings. The van der Waals surface area contributed by atoms with E-state index in [0.29, 0.717) is 31.2 Å². The van der Waals surface area contributed by atoms with Crippen molar-refractivity contribution in [1.29, 1.82) is 0 Å². The topological polar surface area (TPSA) is 79.5 Å². The Morgan fingerprint density at radius 2 is 2.08 bits per heavy atom. The van der Waals surface area contributed by atoms with Crippen LogP contribution in [0, 0.1) is 6.92 Å². The van der Waals surface area contributed by atoms with Crippen molar-refractivity contribution < 1.29 is 14.3 Å². The number of nitrogens with one attached hydrogen (secondary N) is 3. The van der Waals surface area contributed by atoms with Gasteiger partial charge >= 0.3 is 0 Å². The Kier molecular flexibility index (Phi) is 6.04. The first-order chi connectivity index (χ1) is 12.1. The molecule has 2 fully saturated rings. The minimum Gasteiger partial charge on any atom is -0.378 e. The van der Waals surface area contributed by atoms with Crippen LogP contribution < -0.4 is 16.0 Å². The molecule has 1 saturated heterocycles. The van der Waals surface area contributed by atoms with Crippen LogP contribution in [0.4, 0.5) is 5.69 Å². The Hall–Kier alpha value is -1.92. The summed E-state index contributed by atoms with van der Waals surface area (Å²) in [5.74, 6) is -0.0781. The average molecular weight is 345 g/mol. The van der Waals surface area contributed by atoms with Crippen molar-refractivity contribution in [3.05, 3.63) is 29.3 Å². The van der Waals surface area contributed by atoms with Crippen LogP contribution in [0.25, 0.3) is 0 Å². The molecule has 0 bridgehead atoms. The number of hydrogen-bond acceptors (Lipinski definition) is 4. The summed E-state index contributed by atoms with van der Waals surface area (Å²) < 4.78 is 5.37. The molecule has 1 aliphatic heterocycles. The molecule has 1 saturated carbocycles. The summed E-state index contributed by atoms with van der Waals surface area (Å²) in [4.78, 5) is 24.5. The van der Waals surface area contributed by atoms with Gasteiger partial charge in [-0.25, -0.2) is 0 Å². The fourth-order valence-corrected chi connectivity index (χ4v) is 3.46. The highest BCUT2D eigenvalue weighted by atomic mass is 16.5. The monoisotopic (exact) mass is 345 g/mol. The lowest BCUT2D eigenvalue weighted by Crippen LogP contribution is -2.43.